The molecule has 1 aromatic heterocycles. The van der Waals surface area contributed by atoms with Crippen LogP contribution in [0.25, 0.3) is 11.5 Å². The van der Waals surface area contributed by atoms with E-state index >= 15 is 0 Å². The molecule has 0 atom stereocenters. The number of hydrogen-bond donors (Lipinski definition) is 0. The summed E-state index contributed by atoms with van der Waals surface area (Å²) in [7, 11) is 0. The largest absolute Gasteiger partial charge is 0.487 e. The van der Waals surface area contributed by atoms with Crippen molar-refractivity contribution in [3.63, 3.8) is 0 Å². The van der Waals surface area contributed by atoms with Gasteiger partial charge in [0.15, 0.2) is 0 Å². The second kappa shape index (κ2) is 6.02. The highest BCUT2D eigenvalue weighted by atomic mass is 35.5. The zero-order valence-corrected chi connectivity index (χ0v) is 12.3. The van der Waals surface area contributed by atoms with E-state index in [4.69, 9.17) is 20.8 Å². The van der Waals surface area contributed by atoms with Crippen LogP contribution in [0.5, 0.6) is 5.75 Å². The molecular weight excluding hydrogens is 286 g/mol. The number of rotatable bonds is 4. The van der Waals surface area contributed by atoms with Crippen molar-refractivity contribution >= 4 is 11.6 Å². The second-order valence-electron chi connectivity index (χ2n) is 4.63. The van der Waals surface area contributed by atoms with Crippen LogP contribution in [0.2, 0.25) is 5.02 Å². The van der Waals surface area contributed by atoms with Gasteiger partial charge in [0, 0.05) is 10.6 Å². The lowest BCUT2D eigenvalue weighted by atomic mass is 10.2. The smallest absolute Gasteiger partial charge is 0.226 e. The van der Waals surface area contributed by atoms with Gasteiger partial charge in [0.2, 0.25) is 5.89 Å². The number of aryl methyl sites for hydroxylation is 1. The third kappa shape index (κ3) is 3.26. The van der Waals surface area contributed by atoms with Gasteiger partial charge in [-0.1, -0.05) is 35.9 Å². The molecule has 0 N–H and O–H groups in total. The number of aromatic nitrogens is 1. The molecule has 0 saturated carbocycles. The van der Waals surface area contributed by atoms with E-state index in [0.29, 0.717) is 23.3 Å². The molecule has 0 aliphatic rings. The fourth-order valence-corrected chi connectivity index (χ4v) is 2.15. The molecule has 1 heterocycles. The molecule has 3 aromatic rings. The molecular formula is C17H14ClNO2. The molecule has 0 spiro atoms. The fraction of sp³-hybridized carbons (Fsp3) is 0.118. The maximum Gasteiger partial charge on any atom is 0.226 e. The first kappa shape index (κ1) is 13.7. The summed E-state index contributed by atoms with van der Waals surface area (Å²) in [6.45, 7) is 2.23. The zero-order chi connectivity index (χ0) is 14.7. The Morgan fingerprint density at radius 3 is 2.67 bits per heavy atom. The lowest BCUT2D eigenvalue weighted by Crippen LogP contribution is -1.97. The highest BCUT2D eigenvalue weighted by Gasteiger charge is 2.11. The number of ether oxygens (including phenoxy) is 1. The Kier molecular flexibility index (Phi) is 3.93. The van der Waals surface area contributed by atoms with Crippen LogP contribution in [0.4, 0.5) is 0 Å². The van der Waals surface area contributed by atoms with E-state index in [-0.39, 0.29) is 0 Å². The molecule has 3 nitrogen and oxygen atoms in total. The summed E-state index contributed by atoms with van der Waals surface area (Å²) in [6.07, 6.45) is 0. The van der Waals surface area contributed by atoms with Gasteiger partial charge in [0.1, 0.15) is 23.8 Å². The van der Waals surface area contributed by atoms with Gasteiger partial charge in [-0.05, 0) is 37.3 Å². The molecule has 0 fully saturated rings. The number of halogens is 1. The van der Waals surface area contributed by atoms with Crippen LogP contribution in [0.3, 0.4) is 0 Å². The first-order valence-corrected chi connectivity index (χ1v) is 7.00. The minimum atomic E-state index is 0.350. The Balaban J connectivity index is 1.76. The van der Waals surface area contributed by atoms with E-state index in [9.17, 15) is 0 Å². The molecule has 3 rings (SSSR count). The first-order chi connectivity index (χ1) is 10.2. The zero-order valence-electron chi connectivity index (χ0n) is 11.5. The SMILES string of the molecule is Cc1oc(-c2ccccc2)nc1COc1cccc(Cl)c1. The van der Waals surface area contributed by atoms with Crippen LogP contribution >= 0.6 is 11.6 Å². The Hall–Kier alpha value is -2.26. The fourth-order valence-electron chi connectivity index (χ4n) is 1.97. The van der Waals surface area contributed by atoms with E-state index in [1.54, 1.807) is 6.07 Å². The molecule has 0 aliphatic carbocycles. The predicted molar refractivity (Wildman–Crippen MR) is 82.5 cm³/mol. The van der Waals surface area contributed by atoms with Gasteiger partial charge in [-0.25, -0.2) is 4.98 Å². The molecule has 2 aromatic carbocycles. The highest BCUT2D eigenvalue weighted by molar-refractivity contribution is 6.30. The van der Waals surface area contributed by atoms with Crippen LogP contribution < -0.4 is 4.74 Å². The predicted octanol–water partition coefficient (Wildman–Crippen LogP) is 4.88. The van der Waals surface area contributed by atoms with Gasteiger partial charge in [0.05, 0.1) is 0 Å². The van der Waals surface area contributed by atoms with Crippen LogP contribution in [-0.2, 0) is 6.61 Å². The van der Waals surface area contributed by atoms with Crippen LogP contribution in [0.1, 0.15) is 11.5 Å². The molecule has 21 heavy (non-hydrogen) atoms. The second-order valence-corrected chi connectivity index (χ2v) is 5.07. The van der Waals surface area contributed by atoms with Crippen molar-refractivity contribution in [2.24, 2.45) is 0 Å². The summed E-state index contributed by atoms with van der Waals surface area (Å²) in [5.74, 6) is 2.08. The van der Waals surface area contributed by atoms with Gasteiger partial charge in [-0.15, -0.1) is 0 Å². The minimum absolute atomic E-state index is 0.350. The maximum absolute atomic E-state index is 5.93. The van der Waals surface area contributed by atoms with E-state index < -0.39 is 0 Å². The van der Waals surface area contributed by atoms with Gasteiger partial charge >= 0.3 is 0 Å². The first-order valence-electron chi connectivity index (χ1n) is 6.62. The number of oxazole rings is 1. The average Bonchev–Trinajstić information content (AvgIpc) is 2.87. The minimum Gasteiger partial charge on any atom is -0.487 e. The van der Waals surface area contributed by atoms with Gasteiger partial charge < -0.3 is 9.15 Å². The van der Waals surface area contributed by atoms with Gasteiger partial charge in [0.25, 0.3) is 0 Å². The monoisotopic (exact) mass is 299 g/mol. The molecule has 0 unspecified atom stereocenters. The Bertz CT molecular complexity index is 738. The van der Waals surface area contributed by atoms with Gasteiger partial charge in [-0.2, -0.15) is 0 Å². The molecule has 0 aliphatic heterocycles. The highest BCUT2D eigenvalue weighted by Crippen LogP contribution is 2.23. The van der Waals surface area contributed by atoms with E-state index in [1.165, 1.54) is 0 Å². The summed E-state index contributed by atoms with van der Waals surface area (Å²) in [5.41, 5.74) is 1.74. The van der Waals surface area contributed by atoms with Crippen molar-refractivity contribution in [1.82, 2.24) is 4.98 Å². The summed E-state index contributed by atoms with van der Waals surface area (Å²) < 4.78 is 11.4. The van der Waals surface area contributed by atoms with Crippen LogP contribution in [-0.4, -0.2) is 4.98 Å². The van der Waals surface area contributed by atoms with E-state index in [0.717, 1.165) is 17.0 Å². The molecule has 4 heteroatoms. The van der Waals surface area contributed by atoms with Crippen molar-refractivity contribution in [2.75, 3.05) is 0 Å². The van der Waals surface area contributed by atoms with Crippen molar-refractivity contribution in [2.45, 2.75) is 13.5 Å². The summed E-state index contributed by atoms with van der Waals surface area (Å²) in [5, 5.41) is 0.648. The summed E-state index contributed by atoms with van der Waals surface area (Å²) in [6, 6.07) is 17.1. The standard InChI is InChI=1S/C17H14ClNO2/c1-12-16(11-20-15-9-5-8-14(18)10-15)19-17(21-12)13-6-3-2-4-7-13/h2-10H,11H2,1H3. The van der Waals surface area contributed by atoms with Crippen molar-refractivity contribution in [3.8, 4) is 17.2 Å². The number of hydrogen-bond acceptors (Lipinski definition) is 3. The Morgan fingerprint density at radius 2 is 1.90 bits per heavy atom. The van der Waals surface area contributed by atoms with Crippen molar-refractivity contribution < 1.29 is 9.15 Å². The molecule has 0 saturated heterocycles. The molecule has 0 radical (unpaired) electrons. The number of benzene rings is 2. The normalized spacial score (nSPS) is 10.6. The molecule has 0 bridgehead atoms. The maximum atomic E-state index is 5.93. The lowest BCUT2D eigenvalue weighted by Gasteiger charge is -2.04. The van der Waals surface area contributed by atoms with Crippen molar-refractivity contribution in [3.05, 3.63) is 71.1 Å². The third-order valence-electron chi connectivity index (χ3n) is 3.09. The average molecular weight is 300 g/mol. The van der Waals surface area contributed by atoms with Crippen LogP contribution in [0, 0.1) is 6.92 Å². The molecule has 0 amide bonds. The van der Waals surface area contributed by atoms with Crippen molar-refractivity contribution in [1.29, 1.82) is 0 Å². The summed E-state index contributed by atoms with van der Waals surface area (Å²) >= 11 is 5.93. The summed E-state index contributed by atoms with van der Waals surface area (Å²) in [4.78, 5) is 4.49. The quantitative estimate of drug-likeness (QED) is 0.688. The Morgan fingerprint density at radius 1 is 1.10 bits per heavy atom. The van der Waals surface area contributed by atoms with E-state index in [2.05, 4.69) is 4.98 Å². The van der Waals surface area contributed by atoms with Crippen LogP contribution in [0.15, 0.2) is 59.0 Å². The Labute approximate surface area is 128 Å². The number of nitrogens with zero attached hydrogens (tertiary/aromatic N) is 1. The third-order valence-corrected chi connectivity index (χ3v) is 3.32. The topological polar surface area (TPSA) is 35.3 Å². The lowest BCUT2D eigenvalue weighted by molar-refractivity contribution is 0.299. The molecule has 106 valence electrons. The van der Waals surface area contributed by atoms with E-state index in [1.807, 2.05) is 55.5 Å². The van der Waals surface area contributed by atoms with Gasteiger partial charge in [-0.3, -0.25) is 0 Å².